The molecular weight excluding hydrogens is 363 g/mol. The van der Waals surface area contributed by atoms with Gasteiger partial charge >= 0.3 is 0 Å². The van der Waals surface area contributed by atoms with E-state index in [1.165, 1.54) is 0 Å². The summed E-state index contributed by atoms with van der Waals surface area (Å²) >= 11 is 11.2. The van der Waals surface area contributed by atoms with Crippen LogP contribution in [0.2, 0.25) is 0 Å². The van der Waals surface area contributed by atoms with Gasteiger partial charge in [-0.3, -0.25) is 9.59 Å². The van der Waals surface area contributed by atoms with Gasteiger partial charge in [0.25, 0.3) is 5.91 Å². The molecule has 0 unspecified atom stereocenters. The molecule has 2 rings (SSSR count). The quantitative estimate of drug-likeness (QED) is 0.578. The molecule has 1 aliphatic heterocycles. The van der Waals surface area contributed by atoms with Crippen LogP contribution >= 0.6 is 23.2 Å². The lowest BCUT2D eigenvalue weighted by atomic mass is 10.0. The lowest BCUT2D eigenvalue weighted by Gasteiger charge is -2.32. The molecule has 1 fully saturated rings. The van der Waals surface area contributed by atoms with E-state index >= 15 is 0 Å². The minimum Gasteiger partial charge on any atom is -0.493 e. The van der Waals surface area contributed by atoms with Crippen molar-refractivity contribution >= 4 is 35.0 Å². The number of hydrogen-bond donors (Lipinski definition) is 1. The lowest BCUT2D eigenvalue weighted by Crippen LogP contribution is -2.47. The number of piperidine rings is 1. The highest BCUT2D eigenvalue weighted by Gasteiger charge is 2.26. The van der Waals surface area contributed by atoms with Crippen LogP contribution in [0.3, 0.4) is 0 Å². The summed E-state index contributed by atoms with van der Waals surface area (Å²) in [5, 5.41) is 3.02. The van der Waals surface area contributed by atoms with E-state index in [1.54, 1.807) is 4.90 Å². The van der Waals surface area contributed by atoms with E-state index in [1.807, 2.05) is 31.2 Å². The van der Waals surface area contributed by atoms with Crippen LogP contribution < -0.4 is 10.1 Å². The third-order valence-corrected chi connectivity index (χ3v) is 4.63. The van der Waals surface area contributed by atoms with Gasteiger partial charge < -0.3 is 15.0 Å². The molecule has 7 heteroatoms. The number of ether oxygens (including phenoxy) is 1. The zero-order chi connectivity index (χ0) is 18.2. The van der Waals surface area contributed by atoms with Gasteiger partial charge in [0.2, 0.25) is 5.91 Å². The number of carbonyl (C=O) groups is 2. The van der Waals surface area contributed by atoms with Gasteiger partial charge in [-0.2, -0.15) is 0 Å². The molecule has 0 radical (unpaired) electrons. The number of rotatable bonds is 7. The molecule has 5 nitrogen and oxygen atoms in total. The van der Waals surface area contributed by atoms with Crippen molar-refractivity contribution in [2.24, 2.45) is 0 Å². The summed E-state index contributed by atoms with van der Waals surface area (Å²) in [4.78, 5) is 24.4. The van der Waals surface area contributed by atoms with Crippen LogP contribution in [-0.4, -0.2) is 47.3 Å². The summed E-state index contributed by atoms with van der Waals surface area (Å²) in [5.41, 5.74) is 1.09. The van der Waals surface area contributed by atoms with Gasteiger partial charge in [0.1, 0.15) is 5.75 Å². The number of aryl methyl sites for hydroxylation is 1. The van der Waals surface area contributed by atoms with Crippen molar-refractivity contribution in [3.8, 4) is 5.75 Å². The summed E-state index contributed by atoms with van der Waals surface area (Å²) in [6.07, 6.45) is 2.53. The molecule has 1 saturated heterocycles. The van der Waals surface area contributed by atoms with Crippen molar-refractivity contribution in [1.29, 1.82) is 0 Å². The minimum absolute atomic E-state index is 0.0192. The Morgan fingerprint density at radius 3 is 2.60 bits per heavy atom. The predicted octanol–water partition coefficient (Wildman–Crippen LogP) is 3.06. The van der Waals surface area contributed by atoms with Gasteiger partial charge in [0.15, 0.2) is 4.84 Å². The fraction of sp³-hybridized carbons (Fsp3) is 0.556. The number of halogens is 2. The van der Waals surface area contributed by atoms with E-state index in [9.17, 15) is 9.59 Å². The monoisotopic (exact) mass is 386 g/mol. The first kappa shape index (κ1) is 19.9. The SMILES string of the molecule is Cc1ccccc1OCCCC(=O)NC1CCN(C(=O)C(Cl)Cl)CC1. The summed E-state index contributed by atoms with van der Waals surface area (Å²) in [6.45, 7) is 3.64. The summed E-state index contributed by atoms with van der Waals surface area (Å²) < 4.78 is 5.69. The largest absolute Gasteiger partial charge is 0.493 e. The molecule has 1 heterocycles. The van der Waals surface area contributed by atoms with Gasteiger partial charge in [-0.1, -0.05) is 41.4 Å². The Hall–Kier alpha value is -1.46. The number of nitrogens with one attached hydrogen (secondary N) is 1. The fourth-order valence-corrected chi connectivity index (χ4v) is 3.09. The van der Waals surface area contributed by atoms with E-state index in [4.69, 9.17) is 27.9 Å². The zero-order valence-corrected chi connectivity index (χ0v) is 15.9. The number of alkyl halides is 2. The average molecular weight is 387 g/mol. The number of nitrogens with zero attached hydrogens (tertiary/aromatic N) is 1. The van der Waals surface area contributed by atoms with Gasteiger partial charge in [-0.15, -0.1) is 0 Å². The third-order valence-electron chi connectivity index (χ3n) is 4.26. The molecule has 0 atom stereocenters. The summed E-state index contributed by atoms with van der Waals surface area (Å²) in [6, 6.07) is 7.92. The average Bonchev–Trinajstić information content (AvgIpc) is 2.60. The minimum atomic E-state index is -1.01. The standard InChI is InChI=1S/C18H24Cl2N2O3/c1-13-5-2-3-6-15(13)25-12-4-7-16(23)21-14-8-10-22(11-9-14)18(24)17(19)20/h2-3,5-6,14,17H,4,7-12H2,1H3,(H,21,23). The molecule has 0 bridgehead atoms. The Morgan fingerprint density at radius 2 is 1.96 bits per heavy atom. The number of amides is 2. The van der Waals surface area contributed by atoms with E-state index < -0.39 is 4.84 Å². The second kappa shape index (κ2) is 9.88. The number of para-hydroxylation sites is 1. The molecule has 2 amide bonds. The third kappa shape index (κ3) is 6.40. The molecule has 25 heavy (non-hydrogen) atoms. The Labute approximate surface area is 158 Å². The van der Waals surface area contributed by atoms with Crippen LogP contribution in [0, 0.1) is 6.92 Å². The lowest BCUT2D eigenvalue weighted by molar-refractivity contribution is -0.130. The van der Waals surface area contributed by atoms with Crippen LogP contribution in [0.1, 0.15) is 31.2 Å². The number of benzene rings is 1. The molecular formula is C18H24Cl2N2O3. The van der Waals surface area contributed by atoms with Gasteiger partial charge in [0.05, 0.1) is 6.61 Å². The predicted molar refractivity (Wildman–Crippen MR) is 99.1 cm³/mol. The molecule has 1 aliphatic rings. The first-order valence-corrected chi connectivity index (χ1v) is 9.39. The van der Waals surface area contributed by atoms with E-state index in [0.717, 1.165) is 24.2 Å². The molecule has 1 N–H and O–H groups in total. The van der Waals surface area contributed by atoms with Gasteiger partial charge in [-0.05, 0) is 37.8 Å². The molecule has 0 aliphatic carbocycles. The summed E-state index contributed by atoms with van der Waals surface area (Å²) in [7, 11) is 0. The van der Waals surface area contributed by atoms with Crippen LogP contribution in [-0.2, 0) is 9.59 Å². The zero-order valence-electron chi connectivity index (χ0n) is 14.3. The Bertz CT molecular complexity index is 587. The maximum Gasteiger partial charge on any atom is 0.255 e. The smallest absolute Gasteiger partial charge is 0.255 e. The van der Waals surface area contributed by atoms with Gasteiger partial charge in [-0.25, -0.2) is 0 Å². The maximum atomic E-state index is 12.0. The number of carbonyl (C=O) groups excluding carboxylic acids is 2. The van der Waals surface area contributed by atoms with Crippen molar-refractivity contribution in [2.45, 2.75) is 43.5 Å². The van der Waals surface area contributed by atoms with Gasteiger partial charge in [0, 0.05) is 25.6 Å². The van der Waals surface area contributed by atoms with Crippen molar-refractivity contribution in [3.05, 3.63) is 29.8 Å². The molecule has 0 spiro atoms. The van der Waals surface area contributed by atoms with Crippen molar-refractivity contribution in [1.82, 2.24) is 10.2 Å². The molecule has 0 aromatic heterocycles. The highest BCUT2D eigenvalue weighted by Crippen LogP contribution is 2.17. The van der Waals surface area contributed by atoms with Crippen molar-refractivity contribution in [2.75, 3.05) is 19.7 Å². The summed E-state index contributed by atoms with van der Waals surface area (Å²) in [5.74, 6) is 0.615. The Morgan fingerprint density at radius 1 is 1.28 bits per heavy atom. The first-order valence-electron chi connectivity index (χ1n) is 8.52. The number of hydrogen-bond acceptors (Lipinski definition) is 3. The molecule has 138 valence electrons. The Balaban J connectivity index is 1.61. The fourth-order valence-electron chi connectivity index (χ4n) is 2.82. The van der Waals surface area contributed by atoms with Crippen LogP contribution in [0.4, 0.5) is 0 Å². The first-order chi connectivity index (χ1) is 12.0. The highest BCUT2D eigenvalue weighted by molar-refractivity contribution is 6.53. The maximum absolute atomic E-state index is 12.0. The van der Waals surface area contributed by atoms with Crippen LogP contribution in [0.5, 0.6) is 5.75 Å². The van der Waals surface area contributed by atoms with Crippen LogP contribution in [0.15, 0.2) is 24.3 Å². The van der Waals surface area contributed by atoms with Crippen molar-refractivity contribution in [3.63, 3.8) is 0 Å². The molecule has 0 saturated carbocycles. The Kier molecular flexibility index (Phi) is 7.85. The van der Waals surface area contributed by atoms with E-state index in [0.29, 0.717) is 32.5 Å². The molecule has 1 aromatic carbocycles. The number of likely N-dealkylation sites (tertiary alicyclic amines) is 1. The van der Waals surface area contributed by atoms with E-state index in [-0.39, 0.29) is 17.9 Å². The normalized spacial score (nSPS) is 15.3. The topological polar surface area (TPSA) is 58.6 Å². The second-order valence-corrected chi connectivity index (χ2v) is 7.28. The van der Waals surface area contributed by atoms with Crippen LogP contribution in [0.25, 0.3) is 0 Å². The van der Waals surface area contributed by atoms with E-state index in [2.05, 4.69) is 5.32 Å². The van der Waals surface area contributed by atoms with Crippen molar-refractivity contribution < 1.29 is 14.3 Å². The molecule has 1 aromatic rings. The highest BCUT2D eigenvalue weighted by atomic mass is 35.5. The second-order valence-electron chi connectivity index (χ2n) is 6.19.